The second-order valence-electron chi connectivity index (χ2n) is 4.76. The number of nitrogens with zero attached hydrogens (tertiary/aromatic N) is 2. The summed E-state index contributed by atoms with van der Waals surface area (Å²) in [5.41, 5.74) is 0.589. The van der Waals surface area contributed by atoms with Crippen LogP contribution in [0.25, 0.3) is 16.6 Å². The van der Waals surface area contributed by atoms with E-state index < -0.39 is 3.79 Å². The minimum Gasteiger partial charge on any atom is -0.495 e. The summed E-state index contributed by atoms with van der Waals surface area (Å²) >= 11 is 18.1. The van der Waals surface area contributed by atoms with Crippen molar-refractivity contribution in [1.29, 1.82) is 0 Å². The molecular formula is C16H11Cl3N2O2. The molecule has 0 radical (unpaired) electrons. The Hall–Kier alpha value is -1.75. The van der Waals surface area contributed by atoms with Crippen molar-refractivity contribution in [2.75, 3.05) is 7.11 Å². The molecule has 1 aromatic heterocycles. The molecule has 0 saturated carbocycles. The van der Waals surface area contributed by atoms with Crippen molar-refractivity contribution in [3.05, 3.63) is 64.7 Å². The van der Waals surface area contributed by atoms with E-state index in [1.165, 1.54) is 11.7 Å². The van der Waals surface area contributed by atoms with E-state index >= 15 is 0 Å². The number of fused-ring (bicyclic) bond motifs is 1. The number of hydrogen-bond donors (Lipinski definition) is 0. The summed E-state index contributed by atoms with van der Waals surface area (Å²) in [5, 5.41) is 0.427. The average Bonchev–Trinajstić information content (AvgIpc) is 2.54. The second kappa shape index (κ2) is 6.04. The second-order valence-corrected chi connectivity index (χ2v) is 7.04. The summed E-state index contributed by atoms with van der Waals surface area (Å²) in [4.78, 5) is 17.3. The number of aromatic nitrogens is 2. The zero-order chi connectivity index (χ0) is 16.6. The molecule has 0 aliphatic heterocycles. The number of halogens is 3. The van der Waals surface area contributed by atoms with Gasteiger partial charge >= 0.3 is 0 Å². The molecule has 4 nitrogen and oxygen atoms in total. The Morgan fingerprint density at radius 2 is 1.70 bits per heavy atom. The lowest BCUT2D eigenvalue weighted by molar-refractivity contribution is 0.412. The fraction of sp³-hybridized carbons (Fsp3) is 0.125. The van der Waals surface area contributed by atoms with E-state index in [1.54, 1.807) is 48.5 Å². The van der Waals surface area contributed by atoms with E-state index in [-0.39, 0.29) is 11.4 Å². The fourth-order valence-electron chi connectivity index (χ4n) is 2.36. The largest absolute Gasteiger partial charge is 0.495 e. The Bertz CT molecular complexity index is 932. The minimum atomic E-state index is -1.87. The zero-order valence-corrected chi connectivity index (χ0v) is 14.2. The van der Waals surface area contributed by atoms with Gasteiger partial charge in [0.25, 0.3) is 5.56 Å². The molecule has 0 bridgehead atoms. The van der Waals surface area contributed by atoms with Crippen LogP contribution in [0.3, 0.4) is 0 Å². The van der Waals surface area contributed by atoms with Crippen LogP contribution in [0.15, 0.2) is 53.3 Å². The van der Waals surface area contributed by atoms with Crippen LogP contribution in [0.4, 0.5) is 0 Å². The average molecular weight is 370 g/mol. The maximum absolute atomic E-state index is 13.0. The van der Waals surface area contributed by atoms with Crippen molar-refractivity contribution in [1.82, 2.24) is 9.55 Å². The van der Waals surface area contributed by atoms with Gasteiger partial charge in [-0.15, -0.1) is 0 Å². The summed E-state index contributed by atoms with van der Waals surface area (Å²) in [6.07, 6.45) is 0. The van der Waals surface area contributed by atoms with Gasteiger partial charge in [0.1, 0.15) is 5.75 Å². The van der Waals surface area contributed by atoms with Gasteiger partial charge in [-0.3, -0.25) is 9.36 Å². The summed E-state index contributed by atoms with van der Waals surface area (Å²) in [7, 11) is 1.51. The first-order valence-electron chi connectivity index (χ1n) is 6.66. The van der Waals surface area contributed by atoms with Crippen LogP contribution in [0, 0.1) is 0 Å². The Labute approximate surface area is 147 Å². The van der Waals surface area contributed by atoms with Gasteiger partial charge in [-0.2, -0.15) is 0 Å². The van der Waals surface area contributed by atoms with E-state index in [1.807, 2.05) is 0 Å². The minimum absolute atomic E-state index is 0.00991. The van der Waals surface area contributed by atoms with Gasteiger partial charge in [-0.05, 0) is 24.3 Å². The first-order chi connectivity index (χ1) is 10.9. The van der Waals surface area contributed by atoms with E-state index in [0.717, 1.165) is 0 Å². The molecular weight excluding hydrogens is 359 g/mol. The van der Waals surface area contributed by atoms with Gasteiger partial charge in [-0.25, -0.2) is 4.98 Å². The highest BCUT2D eigenvalue weighted by Gasteiger charge is 2.31. The number of benzene rings is 2. The standard InChI is InChI=1S/C16H11Cl3N2O2/c1-23-13-9-5-4-8-12(13)21-14(22)10-6-2-3-7-11(10)20-15(21)16(17,18)19/h2-9H,1H3. The van der Waals surface area contributed by atoms with Crippen molar-refractivity contribution in [2.45, 2.75) is 3.79 Å². The fourth-order valence-corrected chi connectivity index (χ4v) is 2.74. The molecule has 118 valence electrons. The molecule has 0 atom stereocenters. The third-order valence-corrected chi connectivity index (χ3v) is 3.86. The topological polar surface area (TPSA) is 44.1 Å². The Kier molecular flexibility index (Phi) is 4.23. The molecule has 2 aromatic carbocycles. The van der Waals surface area contributed by atoms with Crippen molar-refractivity contribution in [3.63, 3.8) is 0 Å². The molecule has 0 aliphatic carbocycles. The van der Waals surface area contributed by atoms with Crippen molar-refractivity contribution in [3.8, 4) is 11.4 Å². The quantitative estimate of drug-likeness (QED) is 0.635. The third-order valence-electron chi connectivity index (χ3n) is 3.36. The summed E-state index contributed by atoms with van der Waals surface area (Å²) < 4.78 is 4.72. The lowest BCUT2D eigenvalue weighted by Crippen LogP contribution is -2.27. The normalized spacial score (nSPS) is 11.7. The third kappa shape index (κ3) is 2.90. The molecule has 3 rings (SSSR count). The molecule has 0 amide bonds. The van der Waals surface area contributed by atoms with Crippen molar-refractivity contribution in [2.24, 2.45) is 0 Å². The highest BCUT2D eigenvalue weighted by molar-refractivity contribution is 6.66. The summed E-state index contributed by atoms with van der Waals surface area (Å²) in [5.74, 6) is 0.484. The number of hydrogen-bond acceptors (Lipinski definition) is 3. The monoisotopic (exact) mass is 368 g/mol. The van der Waals surface area contributed by atoms with Gasteiger partial charge < -0.3 is 4.74 Å². The Morgan fingerprint density at radius 1 is 1.04 bits per heavy atom. The maximum Gasteiger partial charge on any atom is 0.266 e. The number of para-hydroxylation sites is 3. The number of methoxy groups -OCH3 is 1. The van der Waals surface area contributed by atoms with Crippen LogP contribution in [0.5, 0.6) is 5.75 Å². The predicted octanol–water partition coefficient (Wildman–Crippen LogP) is 4.22. The van der Waals surface area contributed by atoms with E-state index in [4.69, 9.17) is 39.5 Å². The van der Waals surface area contributed by atoms with Gasteiger partial charge in [0.2, 0.25) is 3.79 Å². The van der Waals surface area contributed by atoms with Crippen LogP contribution in [0.2, 0.25) is 0 Å². The lowest BCUT2D eigenvalue weighted by atomic mass is 10.2. The number of alkyl halides is 3. The highest BCUT2D eigenvalue weighted by Crippen LogP contribution is 2.38. The summed E-state index contributed by atoms with van der Waals surface area (Å²) in [6, 6.07) is 13.9. The molecule has 0 saturated heterocycles. The lowest BCUT2D eigenvalue weighted by Gasteiger charge is -2.19. The summed E-state index contributed by atoms with van der Waals surface area (Å²) in [6.45, 7) is 0. The van der Waals surface area contributed by atoms with Gasteiger partial charge in [-0.1, -0.05) is 59.1 Å². The maximum atomic E-state index is 13.0. The molecule has 3 aromatic rings. The van der Waals surface area contributed by atoms with Crippen LogP contribution in [-0.4, -0.2) is 16.7 Å². The molecule has 1 heterocycles. The van der Waals surface area contributed by atoms with E-state index in [9.17, 15) is 4.79 Å². The Morgan fingerprint density at radius 3 is 2.39 bits per heavy atom. The Balaban J connectivity index is 2.48. The van der Waals surface area contributed by atoms with Gasteiger partial charge in [0, 0.05) is 0 Å². The first-order valence-corrected chi connectivity index (χ1v) is 7.79. The molecule has 0 fully saturated rings. The van der Waals surface area contributed by atoms with Crippen molar-refractivity contribution >= 4 is 45.7 Å². The van der Waals surface area contributed by atoms with E-state index in [0.29, 0.717) is 22.3 Å². The molecule has 0 N–H and O–H groups in total. The van der Waals surface area contributed by atoms with Gasteiger partial charge in [0.05, 0.1) is 23.7 Å². The first kappa shape index (κ1) is 16.1. The van der Waals surface area contributed by atoms with Crippen molar-refractivity contribution < 1.29 is 4.74 Å². The van der Waals surface area contributed by atoms with Crippen LogP contribution in [-0.2, 0) is 3.79 Å². The molecule has 7 heteroatoms. The predicted molar refractivity (Wildman–Crippen MR) is 93.1 cm³/mol. The molecule has 0 aliphatic rings. The molecule has 0 unspecified atom stereocenters. The van der Waals surface area contributed by atoms with E-state index in [2.05, 4.69) is 4.98 Å². The molecule has 23 heavy (non-hydrogen) atoms. The number of rotatable bonds is 2. The van der Waals surface area contributed by atoms with Gasteiger partial charge in [0.15, 0.2) is 5.82 Å². The number of ether oxygens (including phenoxy) is 1. The zero-order valence-electron chi connectivity index (χ0n) is 12.0. The van der Waals surface area contributed by atoms with Crippen LogP contribution < -0.4 is 10.3 Å². The highest BCUT2D eigenvalue weighted by atomic mass is 35.6. The smallest absolute Gasteiger partial charge is 0.266 e. The van der Waals surface area contributed by atoms with Crippen LogP contribution in [0.1, 0.15) is 5.82 Å². The SMILES string of the molecule is COc1ccccc1-n1c(C(Cl)(Cl)Cl)nc2ccccc2c1=O. The van der Waals surface area contributed by atoms with Crippen LogP contribution >= 0.6 is 34.8 Å². The molecule has 0 spiro atoms.